The van der Waals surface area contributed by atoms with Crippen molar-refractivity contribution >= 4 is 0 Å². The van der Waals surface area contributed by atoms with Gasteiger partial charge < -0.3 is 9.84 Å². The monoisotopic (exact) mass is 226 g/mol. The van der Waals surface area contributed by atoms with Crippen molar-refractivity contribution in [1.29, 1.82) is 0 Å². The molecule has 2 atom stereocenters. The fourth-order valence-electron chi connectivity index (χ4n) is 2.03. The van der Waals surface area contributed by atoms with Gasteiger partial charge in [0.05, 0.1) is 24.9 Å². The summed E-state index contributed by atoms with van der Waals surface area (Å²) in [5.41, 5.74) is -1.37. The first-order chi connectivity index (χ1) is 7.55. The Morgan fingerprint density at radius 3 is 3.00 bits per heavy atom. The van der Waals surface area contributed by atoms with Crippen LogP contribution >= 0.6 is 0 Å². The van der Waals surface area contributed by atoms with Crippen molar-refractivity contribution in [3.8, 4) is 0 Å². The molecule has 0 bridgehead atoms. The molecule has 1 unspecified atom stereocenters. The molecule has 0 aliphatic carbocycles. The van der Waals surface area contributed by atoms with Gasteiger partial charge in [0.2, 0.25) is 0 Å². The summed E-state index contributed by atoms with van der Waals surface area (Å²) in [4.78, 5) is 24.8. The molecule has 6 nitrogen and oxygen atoms in total. The van der Waals surface area contributed by atoms with Gasteiger partial charge in [0.25, 0.3) is 5.56 Å². The van der Waals surface area contributed by atoms with Crippen LogP contribution in [0.4, 0.5) is 0 Å². The highest BCUT2D eigenvalue weighted by atomic mass is 16.5. The van der Waals surface area contributed by atoms with Gasteiger partial charge in [-0.3, -0.25) is 14.3 Å². The Labute approximate surface area is 91.5 Å². The number of aromatic nitrogens is 2. The van der Waals surface area contributed by atoms with E-state index in [1.807, 2.05) is 6.92 Å². The second-order valence-corrected chi connectivity index (χ2v) is 4.30. The number of hydrogen-bond donors (Lipinski definition) is 2. The normalized spacial score (nSPS) is 29.5. The average molecular weight is 226 g/mol. The molecule has 1 fully saturated rings. The number of nitrogens with zero attached hydrogens (tertiary/aromatic N) is 1. The minimum atomic E-state index is -0.505. The zero-order chi connectivity index (χ0) is 11.8. The number of hydrogen-bond acceptors (Lipinski definition) is 4. The molecule has 0 aromatic carbocycles. The van der Waals surface area contributed by atoms with Gasteiger partial charge in [-0.15, -0.1) is 0 Å². The Bertz CT molecular complexity index is 492. The van der Waals surface area contributed by atoms with Crippen LogP contribution in [0.15, 0.2) is 21.9 Å². The van der Waals surface area contributed by atoms with Crippen LogP contribution in [0, 0.1) is 0 Å². The molecule has 2 N–H and O–H groups in total. The van der Waals surface area contributed by atoms with Crippen molar-refractivity contribution in [1.82, 2.24) is 9.55 Å². The van der Waals surface area contributed by atoms with E-state index in [9.17, 15) is 9.59 Å². The summed E-state index contributed by atoms with van der Waals surface area (Å²) < 4.78 is 6.80. The Morgan fingerprint density at radius 2 is 2.44 bits per heavy atom. The molecule has 1 aromatic heterocycles. The topological polar surface area (TPSA) is 84.3 Å². The van der Waals surface area contributed by atoms with Crippen molar-refractivity contribution in [3.63, 3.8) is 0 Å². The lowest BCUT2D eigenvalue weighted by molar-refractivity contribution is 0.0540. The van der Waals surface area contributed by atoms with E-state index in [2.05, 4.69) is 4.98 Å². The van der Waals surface area contributed by atoms with Crippen LogP contribution < -0.4 is 11.2 Å². The SMILES string of the molecule is CC1(n2ccc(=O)[nH]c2=O)CO[C@H](CO)C1. The summed E-state index contributed by atoms with van der Waals surface area (Å²) in [5.74, 6) is 0. The van der Waals surface area contributed by atoms with Gasteiger partial charge in [-0.05, 0) is 6.92 Å². The molecule has 88 valence electrons. The third kappa shape index (κ3) is 1.81. The van der Waals surface area contributed by atoms with Gasteiger partial charge in [0, 0.05) is 18.7 Å². The molecular formula is C10H14N2O4. The standard InChI is InChI=1S/C10H14N2O4/c1-10(4-7(5-13)16-6-10)12-3-2-8(14)11-9(12)15/h2-3,7,13H,4-6H2,1H3,(H,11,14,15)/t7-,10?/m0/s1. The van der Waals surface area contributed by atoms with Crippen LogP contribution in [0.1, 0.15) is 13.3 Å². The van der Waals surface area contributed by atoms with Gasteiger partial charge in [-0.1, -0.05) is 0 Å². The molecule has 1 saturated heterocycles. The van der Waals surface area contributed by atoms with Crippen molar-refractivity contribution in [2.24, 2.45) is 0 Å². The van der Waals surface area contributed by atoms with Gasteiger partial charge in [-0.25, -0.2) is 4.79 Å². The Morgan fingerprint density at radius 1 is 1.69 bits per heavy atom. The van der Waals surface area contributed by atoms with Gasteiger partial charge >= 0.3 is 5.69 Å². The molecule has 2 heterocycles. The van der Waals surface area contributed by atoms with E-state index in [-0.39, 0.29) is 12.7 Å². The average Bonchev–Trinajstić information content (AvgIpc) is 2.61. The molecule has 0 spiro atoms. The molecular weight excluding hydrogens is 212 g/mol. The number of rotatable bonds is 2. The lowest BCUT2D eigenvalue weighted by atomic mass is 9.98. The number of aromatic amines is 1. The first kappa shape index (κ1) is 11.1. The van der Waals surface area contributed by atoms with Gasteiger partial charge in [0.15, 0.2) is 0 Å². The Balaban J connectivity index is 2.37. The number of aliphatic hydroxyl groups is 1. The zero-order valence-electron chi connectivity index (χ0n) is 8.97. The molecule has 0 saturated carbocycles. The predicted octanol–water partition coefficient (Wildman–Crippen LogP) is -0.967. The van der Waals surface area contributed by atoms with E-state index < -0.39 is 16.8 Å². The van der Waals surface area contributed by atoms with Crippen LogP contribution in [0.5, 0.6) is 0 Å². The van der Waals surface area contributed by atoms with Crippen molar-refractivity contribution in [3.05, 3.63) is 33.1 Å². The quantitative estimate of drug-likeness (QED) is 0.679. The highest BCUT2D eigenvalue weighted by molar-refractivity contribution is 4.95. The van der Waals surface area contributed by atoms with E-state index in [0.717, 1.165) is 0 Å². The van der Waals surface area contributed by atoms with E-state index in [4.69, 9.17) is 9.84 Å². The van der Waals surface area contributed by atoms with E-state index in [1.54, 1.807) is 0 Å². The van der Waals surface area contributed by atoms with Crippen LogP contribution in [0.3, 0.4) is 0 Å². The first-order valence-electron chi connectivity index (χ1n) is 5.10. The van der Waals surface area contributed by atoms with Crippen LogP contribution in [0.25, 0.3) is 0 Å². The van der Waals surface area contributed by atoms with Crippen LogP contribution in [-0.4, -0.2) is 34.0 Å². The summed E-state index contributed by atoms with van der Waals surface area (Å²) in [6.45, 7) is 2.15. The highest BCUT2D eigenvalue weighted by Gasteiger charge is 2.38. The summed E-state index contributed by atoms with van der Waals surface area (Å²) >= 11 is 0. The first-order valence-corrected chi connectivity index (χ1v) is 5.10. The number of ether oxygens (including phenoxy) is 1. The lowest BCUT2D eigenvalue weighted by Crippen LogP contribution is -2.42. The third-order valence-corrected chi connectivity index (χ3v) is 2.91. The molecule has 2 rings (SSSR count). The molecule has 16 heavy (non-hydrogen) atoms. The predicted molar refractivity (Wildman–Crippen MR) is 56.4 cm³/mol. The summed E-state index contributed by atoms with van der Waals surface area (Å²) in [6.07, 6.45) is 1.77. The van der Waals surface area contributed by atoms with E-state index in [1.165, 1.54) is 16.8 Å². The molecule has 1 aliphatic rings. The van der Waals surface area contributed by atoms with Crippen molar-refractivity contribution in [2.75, 3.05) is 13.2 Å². The van der Waals surface area contributed by atoms with Crippen LogP contribution in [0.2, 0.25) is 0 Å². The summed E-state index contributed by atoms with van der Waals surface area (Å²) in [6, 6.07) is 1.30. The number of nitrogens with one attached hydrogen (secondary N) is 1. The maximum atomic E-state index is 11.6. The van der Waals surface area contributed by atoms with E-state index in [0.29, 0.717) is 13.0 Å². The van der Waals surface area contributed by atoms with Gasteiger partial charge in [-0.2, -0.15) is 0 Å². The largest absolute Gasteiger partial charge is 0.394 e. The maximum Gasteiger partial charge on any atom is 0.328 e. The van der Waals surface area contributed by atoms with E-state index >= 15 is 0 Å². The molecule has 1 aromatic rings. The number of aliphatic hydroxyl groups excluding tert-OH is 1. The molecule has 6 heteroatoms. The van der Waals surface area contributed by atoms with Crippen molar-refractivity contribution in [2.45, 2.75) is 25.0 Å². The molecule has 0 radical (unpaired) electrons. The minimum absolute atomic E-state index is 0.0618. The smallest absolute Gasteiger partial charge is 0.328 e. The zero-order valence-corrected chi connectivity index (χ0v) is 8.97. The van der Waals surface area contributed by atoms with Crippen molar-refractivity contribution < 1.29 is 9.84 Å². The molecule has 1 aliphatic heterocycles. The maximum absolute atomic E-state index is 11.6. The summed E-state index contributed by atoms with van der Waals surface area (Å²) in [5, 5.41) is 8.99. The third-order valence-electron chi connectivity index (χ3n) is 2.91. The Kier molecular flexibility index (Phi) is 2.69. The lowest BCUT2D eigenvalue weighted by Gasteiger charge is -2.24. The van der Waals surface area contributed by atoms with Gasteiger partial charge in [0.1, 0.15) is 0 Å². The summed E-state index contributed by atoms with van der Waals surface area (Å²) in [7, 11) is 0. The number of H-pyrrole nitrogens is 1. The second kappa shape index (κ2) is 3.88. The molecule has 0 amide bonds. The fraction of sp³-hybridized carbons (Fsp3) is 0.600. The second-order valence-electron chi connectivity index (χ2n) is 4.30. The Hall–Kier alpha value is -1.40. The van der Waals surface area contributed by atoms with Crippen LogP contribution in [-0.2, 0) is 10.3 Å². The minimum Gasteiger partial charge on any atom is -0.394 e. The fourth-order valence-corrected chi connectivity index (χ4v) is 2.03. The highest BCUT2D eigenvalue weighted by Crippen LogP contribution is 2.29.